The van der Waals surface area contributed by atoms with Crippen LogP contribution in [0.3, 0.4) is 0 Å². The molecule has 0 radical (unpaired) electrons. The van der Waals surface area contributed by atoms with E-state index in [-0.39, 0.29) is 35.0 Å². The van der Waals surface area contributed by atoms with Crippen molar-refractivity contribution < 1.29 is 34.1 Å². The van der Waals surface area contributed by atoms with Crippen LogP contribution in [-0.4, -0.2) is 57.8 Å². The van der Waals surface area contributed by atoms with E-state index in [1.165, 1.54) is 16.7 Å². The number of halogens is 1. The number of nitrogens with one attached hydrogen (secondary N) is 2. The van der Waals surface area contributed by atoms with Crippen LogP contribution in [-0.2, 0) is 32.6 Å². The maximum absolute atomic E-state index is 13.0. The van der Waals surface area contributed by atoms with Gasteiger partial charge >= 0.3 is 11.9 Å². The molecule has 1 amide bonds. The lowest BCUT2D eigenvalue weighted by molar-refractivity contribution is -0.144. The number of ether oxygens (including phenoxy) is 2. The highest BCUT2D eigenvalue weighted by molar-refractivity contribution is 6.30. The molecule has 1 spiro atoms. The SMILES string of the molecule is C[C@@H](COc1ccnc2c1[C@H](C)CCC2)CC1Cc2ccc(OCCCC(=O)NC(CC(C)(C)C)C(=O)O)cc2C12CCC(Nc1cccc(Cl)c1)(C(=O)O)CC2. The minimum Gasteiger partial charge on any atom is -0.494 e. The zero-order chi connectivity index (χ0) is 41.0. The minimum atomic E-state index is -1.13. The van der Waals surface area contributed by atoms with E-state index >= 15 is 0 Å². The maximum Gasteiger partial charge on any atom is 0.329 e. The molecule has 2 unspecified atom stereocenters. The van der Waals surface area contributed by atoms with Gasteiger partial charge < -0.3 is 30.3 Å². The zero-order valence-corrected chi connectivity index (χ0v) is 34.9. The van der Waals surface area contributed by atoms with E-state index in [0.717, 1.165) is 43.5 Å². The molecular formula is C46H60ClN3O7. The predicted molar refractivity (Wildman–Crippen MR) is 222 cm³/mol. The third kappa shape index (κ3) is 10.1. The number of carboxylic acid groups (broad SMARTS) is 2. The molecule has 308 valence electrons. The summed E-state index contributed by atoms with van der Waals surface area (Å²) in [5, 5.41) is 26.9. The molecule has 3 aliphatic carbocycles. The van der Waals surface area contributed by atoms with Gasteiger partial charge in [-0.3, -0.25) is 9.78 Å². The van der Waals surface area contributed by atoms with Crippen molar-refractivity contribution in [3.05, 3.63) is 82.1 Å². The zero-order valence-electron chi connectivity index (χ0n) is 34.2. The lowest BCUT2D eigenvalue weighted by Gasteiger charge is -2.47. The number of amides is 1. The summed E-state index contributed by atoms with van der Waals surface area (Å²) in [5.41, 5.74) is 3.97. The van der Waals surface area contributed by atoms with E-state index < -0.39 is 23.5 Å². The molecule has 3 aromatic rings. The third-order valence-electron chi connectivity index (χ3n) is 12.5. The van der Waals surface area contributed by atoms with Crippen molar-refractivity contribution in [3.63, 3.8) is 0 Å². The van der Waals surface area contributed by atoms with Gasteiger partial charge in [-0.1, -0.05) is 58.4 Å². The fraction of sp³-hybridized carbons (Fsp3) is 0.565. The molecule has 4 atom stereocenters. The Morgan fingerprint density at radius 1 is 1.04 bits per heavy atom. The largest absolute Gasteiger partial charge is 0.494 e. The van der Waals surface area contributed by atoms with Crippen LogP contribution in [0.5, 0.6) is 11.5 Å². The Morgan fingerprint density at radius 2 is 1.81 bits per heavy atom. The number of pyridine rings is 1. The maximum atomic E-state index is 13.0. The average molecular weight is 802 g/mol. The van der Waals surface area contributed by atoms with Gasteiger partial charge in [0.25, 0.3) is 0 Å². The topological polar surface area (TPSA) is 147 Å². The van der Waals surface area contributed by atoms with E-state index in [1.54, 1.807) is 12.1 Å². The van der Waals surface area contributed by atoms with Gasteiger partial charge in [-0.15, -0.1) is 0 Å². The highest BCUT2D eigenvalue weighted by atomic mass is 35.5. The Bertz CT molecular complexity index is 1920. The van der Waals surface area contributed by atoms with Crippen molar-refractivity contribution in [2.24, 2.45) is 17.3 Å². The van der Waals surface area contributed by atoms with Gasteiger partial charge in [-0.25, -0.2) is 9.59 Å². The summed E-state index contributed by atoms with van der Waals surface area (Å²) in [4.78, 5) is 42.1. The molecule has 6 rings (SSSR count). The van der Waals surface area contributed by atoms with Gasteiger partial charge in [0.2, 0.25) is 5.91 Å². The first kappa shape index (κ1) is 42.3. The Morgan fingerprint density at radius 3 is 2.51 bits per heavy atom. The van der Waals surface area contributed by atoms with E-state index in [9.17, 15) is 24.6 Å². The molecule has 0 saturated heterocycles. The van der Waals surface area contributed by atoms with E-state index in [4.69, 9.17) is 21.1 Å². The van der Waals surface area contributed by atoms with Gasteiger partial charge in [0.05, 0.1) is 13.2 Å². The van der Waals surface area contributed by atoms with Crippen LogP contribution < -0.4 is 20.1 Å². The highest BCUT2D eigenvalue weighted by Gasteiger charge is 2.54. The fourth-order valence-corrected chi connectivity index (χ4v) is 9.86. The second-order valence-corrected chi connectivity index (χ2v) is 18.6. The summed E-state index contributed by atoms with van der Waals surface area (Å²) >= 11 is 6.29. The monoisotopic (exact) mass is 801 g/mol. The summed E-state index contributed by atoms with van der Waals surface area (Å²) in [5.74, 6) is 0.419. The quantitative estimate of drug-likeness (QED) is 0.104. The van der Waals surface area contributed by atoms with Crippen LogP contribution in [0.4, 0.5) is 5.69 Å². The Kier molecular flexibility index (Phi) is 13.1. The fourth-order valence-electron chi connectivity index (χ4n) is 9.67. The minimum absolute atomic E-state index is 0.156. The van der Waals surface area contributed by atoms with Crippen LogP contribution in [0.25, 0.3) is 0 Å². The smallest absolute Gasteiger partial charge is 0.329 e. The van der Waals surface area contributed by atoms with Crippen LogP contribution in [0.15, 0.2) is 54.7 Å². The van der Waals surface area contributed by atoms with Crippen molar-refractivity contribution in [2.45, 2.75) is 135 Å². The summed E-state index contributed by atoms with van der Waals surface area (Å²) < 4.78 is 12.8. The summed E-state index contributed by atoms with van der Waals surface area (Å²) in [6.07, 6.45) is 10.2. The molecular weight excluding hydrogens is 742 g/mol. The average Bonchev–Trinajstić information content (AvgIpc) is 3.43. The number of anilines is 1. The Hall–Kier alpha value is -4.31. The van der Waals surface area contributed by atoms with E-state index in [0.29, 0.717) is 74.1 Å². The number of aromatic nitrogens is 1. The number of benzene rings is 2. The molecule has 0 bridgehead atoms. The van der Waals surface area contributed by atoms with Crippen molar-refractivity contribution in [2.75, 3.05) is 18.5 Å². The normalized spacial score (nSPS) is 23.8. The summed E-state index contributed by atoms with van der Waals surface area (Å²) in [7, 11) is 0. The highest BCUT2D eigenvalue weighted by Crippen LogP contribution is 2.57. The molecule has 57 heavy (non-hydrogen) atoms. The Balaban J connectivity index is 1.17. The van der Waals surface area contributed by atoms with E-state index in [1.807, 2.05) is 51.2 Å². The number of nitrogens with zero attached hydrogens (tertiary/aromatic N) is 1. The van der Waals surface area contributed by atoms with Crippen LogP contribution in [0.1, 0.15) is 127 Å². The molecule has 1 saturated carbocycles. The number of fused-ring (bicyclic) bond motifs is 3. The van der Waals surface area contributed by atoms with Crippen LogP contribution in [0, 0.1) is 17.3 Å². The first-order valence-corrected chi connectivity index (χ1v) is 21.1. The number of carboxylic acids is 2. The predicted octanol–water partition coefficient (Wildman–Crippen LogP) is 9.36. The summed E-state index contributed by atoms with van der Waals surface area (Å²) in [6.45, 7) is 11.3. The van der Waals surface area contributed by atoms with Crippen molar-refractivity contribution in [1.82, 2.24) is 10.3 Å². The number of carbonyl (C=O) groups is 3. The molecule has 0 aliphatic heterocycles. The van der Waals surface area contributed by atoms with Gasteiger partial charge in [-0.2, -0.15) is 0 Å². The molecule has 2 aromatic carbocycles. The van der Waals surface area contributed by atoms with Crippen LogP contribution >= 0.6 is 11.6 Å². The molecule has 1 fully saturated rings. The standard InChI is InChI=1S/C46H60ClN3O7/c1-29(28-57-39-16-21-48-37-12-6-9-30(2)41(37)39)23-32-24-31-14-15-35(56-22-8-13-40(51)49-38(42(52)53)27-44(3,4)5)26-36(31)45(32)17-19-46(20-18-45,43(54)55)50-34-11-7-10-33(47)25-34/h7,10-11,14-16,21,25-26,29-30,32,38,50H,6,8-9,12-13,17-20,22-24,27-28H2,1-5H3,(H,49,51)(H,52,53)(H,54,55)/t29-,30-,32?,38?,45?,46?/m1/s1. The first-order valence-electron chi connectivity index (χ1n) is 20.7. The van der Waals surface area contributed by atoms with Crippen molar-refractivity contribution >= 4 is 35.1 Å². The molecule has 3 aliphatic rings. The second kappa shape index (κ2) is 17.7. The number of hydrogen-bond acceptors (Lipinski definition) is 7. The first-order chi connectivity index (χ1) is 27.1. The lowest BCUT2D eigenvalue weighted by atomic mass is 9.59. The third-order valence-corrected chi connectivity index (χ3v) is 12.8. The number of rotatable bonds is 16. The molecule has 1 aromatic heterocycles. The summed E-state index contributed by atoms with van der Waals surface area (Å²) in [6, 6.07) is 14.6. The van der Waals surface area contributed by atoms with Gasteiger partial charge in [0.1, 0.15) is 23.1 Å². The number of carbonyl (C=O) groups excluding carboxylic acids is 1. The number of aliphatic carboxylic acids is 2. The molecule has 4 N–H and O–H groups in total. The van der Waals surface area contributed by atoms with Crippen LogP contribution in [0.2, 0.25) is 5.02 Å². The molecule has 1 heterocycles. The second-order valence-electron chi connectivity index (χ2n) is 18.2. The molecule has 11 heteroatoms. The number of aryl methyl sites for hydroxylation is 1. The van der Waals surface area contributed by atoms with Gasteiger partial charge in [0, 0.05) is 34.6 Å². The van der Waals surface area contributed by atoms with E-state index in [2.05, 4.69) is 41.6 Å². The van der Waals surface area contributed by atoms with Crippen molar-refractivity contribution in [1.29, 1.82) is 0 Å². The van der Waals surface area contributed by atoms with Crippen molar-refractivity contribution in [3.8, 4) is 11.5 Å². The van der Waals surface area contributed by atoms with Gasteiger partial charge in [-0.05, 0) is 147 Å². The Labute approximate surface area is 342 Å². The number of hydrogen-bond donors (Lipinski definition) is 4. The lowest BCUT2D eigenvalue weighted by Crippen LogP contribution is -2.53. The molecule has 10 nitrogen and oxygen atoms in total. The van der Waals surface area contributed by atoms with Gasteiger partial charge in [0.15, 0.2) is 0 Å².